The fourth-order valence-corrected chi connectivity index (χ4v) is 3.49. The number of ether oxygens (including phenoxy) is 1. The largest absolute Gasteiger partial charge is 0.461 e. The molecule has 5 N–H and O–H groups in total. The molecular weight excluding hydrogens is 442 g/mol. The maximum absolute atomic E-state index is 12.4. The maximum atomic E-state index is 12.4. The van der Waals surface area contributed by atoms with E-state index < -0.39 is 5.97 Å². The molecule has 0 atom stereocenters. The molecular formula is C22H29N7O3S. The lowest BCUT2D eigenvalue weighted by Gasteiger charge is -2.12. The number of nitrogen functional groups attached to an aromatic ring is 1. The van der Waals surface area contributed by atoms with E-state index in [4.69, 9.17) is 10.5 Å². The fourth-order valence-electron chi connectivity index (χ4n) is 2.74. The number of esters is 1. The number of amides is 1. The van der Waals surface area contributed by atoms with Crippen molar-refractivity contribution in [1.82, 2.24) is 20.8 Å². The highest BCUT2D eigenvalue weighted by atomic mass is 32.2. The van der Waals surface area contributed by atoms with Crippen LogP contribution in [0.4, 0.5) is 17.2 Å². The predicted molar refractivity (Wildman–Crippen MR) is 129 cm³/mol. The molecule has 1 aliphatic carbocycles. The van der Waals surface area contributed by atoms with Crippen LogP contribution in [0, 0.1) is 5.92 Å². The van der Waals surface area contributed by atoms with E-state index in [1.54, 1.807) is 6.92 Å². The second-order valence-corrected chi connectivity index (χ2v) is 8.31. The van der Waals surface area contributed by atoms with Gasteiger partial charge in [-0.05, 0) is 55.8 Å². The molecule has 0 saturated heterocycles. The number of rotatable bonds is 10. The molecule has 1 amide bonds. The highest BCUT2D eigenvalue weighted by Crippen LogP contribution is 2.33. The lowest BCUT2D eigenvalue weighted by molar-refractivity contribution is -0.117. The molecule has 10 nitrogen and oxygen atoms in total. The number of aromatic nitrogens is 2. The molecule has 0 unspecified atom stereocenters. The summed E-state index contributed by atoms with van der Waals surface area (Å²) >= 11 is 1.26. The smallest absolute Gasteiger partial charge is 0.359 e. The standard InChI is InChI=1S/C22H29N7O3S/c1-4-16(29-24-5-2)26-19-17(23)18(21(31)32-6-3)27-22(28-19)33-15-11-9-14(10-12-15)25-20(30)13-7-8-13/h9-13,24H,4-8,23H2,1-3H3,(H,25,30)(H,26,27,28,29). The first-order chi connectivity index (χ1) is 15.9. The minimum absolute atomic E-state index is 0.0275. The van der Waals surface area contributed by atoms with E-state index in [9.17, 15) is 9.59 Å². The highest BCUT2D eigenvalue weighted by molar-refractivity contribution is 7.99. The number of aliphatic imine (C=N–C) groups is 1. The SMILES string of the molecule is CCNNC(CC)=Nc1nc(Sc2ccc(NC(=O)C3CC3)cc2)nc(C(=O)OCC)c1N. The van der Waals surface area contributed by atoms with Crippen molar-refractivity contribution in [2.45, 2.75) is 50.1 Å². The van der Waals surface area contributed by atoms with Crippen LogP contribution in [0.3, 0.4) is 0 Å². The number of carbonyl (C=O) groups is 2. The van der Waals surface area contributed by atoms with Gasteiger partial charge in [0.1, 0.15) is 11.5 Å². The summed E-state index contributed by atoms with van der Waals surface area (Å²) in [6.07, 6.45) is 2.50. The topological polar surface area (TPSA) is 144 Å². The van der Waals surface area contributed by atoms with E-state index >= 15 is 0 Å². The lowest BCUT2D eigenvalue weighted by atomic mass is 10.3. The van der Waals surface area contributed by atoms with E-state index in [0.29, 0.717) is 24.0 Å². The monoisotopic (exact) mass is 471 g/mol. The average Bonchev–Trinajstić information content (AvgIpc) is 3.65. The number of hydrogen-bond acceptors (Lipinski definition) is 9. The van der Waals surface area contributed by atoms with Crippen LogP contribution in [-0.2, 0) is 9.53 Å². The molecule has 2 aromatic rings. The van der Waals surface area contributed by atoms with Crippen molar-refractivity contribution in [3.05, 3.63) is 30.0 Å². The number of hydrogen-bond donors (Lipinski definition) is 4. The Bertz CT molecular complexity index is 1020. The molecule has 11 heteroatoms. The van der Waals surface area contributed by atoms with Gasteiger partial charge in [-0.15, -0.1) is 0 Å². The van der Waals surface area contributed by atoms with Crippen molar-refractivity contribution in [2.24, 2.45) is 10.9 Å². The van der Waals surface area contributed by atoms with Gasteiger partial charge in [-0.25, -0.2) is 25.2 Å². The summed E-state index contributed by atoms with van der Waals surface area (Å²) in [6.45, 7) is 6.49. The Morgan fingerprint density at radius 2 is 1.91 bits per heavy atom. The number of anilines is 2. The number of nitrogens with two attached hydrogens (primary N) is 1. The van der Waals surface area contributed by atoms with Crippen molar-refractivity contribution in [2.75, 3.05) is 24.2 Å². The Balaban J connectivity index is 1.86. The number of benzene rings is 1. The van der Waals surface area contributed by atoms with Crippen molar-refractivity contribution >= 4 is 46.7 Å². The maximum Gasteiger partial charge on any atom is 0.359 e. The zero-order valence-corrected chi connectivity index (χ0v) is 19.8. The van der Waals surface area contributed by atoms with E-state index in [0.717, 1.165) is 23.4 Å². The third-order valence-corrected chi connectivity index (χ3v) is 5.51. The third-order valence-electron chi connectivity index (χ3n) is 4.64. The van der Waals surface area contributed by atoms with Crippen molar-refractivity contribution in [1.29, 1.82) is 0 Å². The summed E-state index contributed by atoms with van der Waals surface area (Å²) in [7, 11) is 0. The molecule has 0 spiro atoms. The van der Waals surface area contributed by atoms with Crippen LogP contribution in [0.1, 0.15) is 50.5 Å². The minimum Gasteiger partial charge on any atom is -0.461 e. The van der Waals surface area contributed by atoms with E-state index in [1.807, 2.05) is 38.1 Å². The molecule has 0 radical (unpaired) electrons. The van der Waals surface area contributed by atoms with Gasteiger partial charge in [-0.1, -0.05) is 13.8 Å². The fraction of sp³-hybridized carbons (Fsp3) is 0.409. The first-order valence-corrected chi connectivity index (χ1v) is 11.8. The van der Waals surface area contributed by atoms with Gasteiger partial charge in [-0.2, -0.15) is 0 Å². The Labute approximate surface area is 197 Å². The highest BCUT2D eigenvalue weighted by Gasteiger charge is 2.29. The van der Waals surface area contributed by atoms with Crippen molar-refractivity contribution < 1.29 is 14.3 Å². The third kappa shape index (κ3) is 6.90. The molecule has 1 fully saturated rings. The zero-order chi connectivity index (χ0) is 23.8. The number of amidine groups is 1. The van der Waals surface area contributed by atoms with Gasteiger partial charge in [-0.3, -0.25) is 4.79 Å². The summed E-state index contributed by atoms with van der Waals surface area (Å²) in [6, 6.07) is 7.34. The minimum atomic E-state index is -0.633. The van der Waals surface area contributed by atoms with Gasteiger partial charge < -0.3 is 21.2 Å². The molecule has 3 rings (SSSR count). The summed E-state index contributed by atoms with van der Waals surface area (Å²) in [5.41, 5.74) is 12.9. The molecule has 1 aromatic heterocycles. The van der Waals surface area contributed by atoms with E-state index in [2.05, 4.69) is 31.1 Å². The second kappa shape index (κ2) is 11.6. The van der Waals surface area contributed by atoms with Crippen molar-refractivity contribution in [3.63, 3.8) is 0 Å². The van der Waals surface area contributed by atoms with Crippen LogP contribution in [-0.4, -0.2) is 40.8 Å². The van der Waals surface area contributed by atoms with Gasteiger partial charge >= 0.3 is 5.97 Å². The molecule has 0 aliphatic heterocycles. The summed E-state index contributed by atoms with van der Waals surface area (Å²) in [4.78, 5) is 38.5. The first kappa shape index (κ1) is 24.5. The number of hydrazine groups is 1. The Kier molecular flexibility index (Phi) is 8.61. The van der Waals surface area contributed by atoms with Crippen LogP contribution in [0.2, 0.25) is 0 Å². The molecule has 176 valence electrons. The van der Waals surface area contributed by atoms with Crippen LogP contribution in [0.15, 0.2) is 39.3 Å². The Morgan fingerprint density at radius 1 is 1.18 bits per heavy atom. The normalized spacial score (nSPS) is 13.5. The van der Waals surface area contributed by atoms with Crippen LogP contribution < -0.4 is 21.9 Å². The summed E-state index contributed by atoms with van der Waals surface area (Å²) < 4.78 is 5.11. The first-order valence-electron chi connectivity index (χ1n) is 10.9. The zero-order valence-electron chi connectivity index (χ0n) is 19.0. The van der Waals surface area contributed by atoms with Gasteiger partial charge in [0.15, 0.2) is 16.7 Å². The molecule has 0 bridgehead atoms. The van der Waals surface area contributed by atoms with E-state index in [1.165, 1.54) is 11.8 Å². The Morgan fingerprint density at radius 3 is 2.52 bits per heavy atom. The second-order valence-electron chi connectivity index (χ2n) is 7.27. The summed E-state index contributed by atoms with van der Waals surface area (Å²) in [5.74, 6) is 0.357. The Hall–Kier alpha value is -3.18. The lowest BCUT2D eigenvalue weighted by Crippen LogP contribution is -2.36. The van der Waals surface area contributed by atoms with Crippen LogP contribution in [0.25, 0.3) is 0 Å². The van der Waals surface area contributed by atoms with E-state index in [-0.39, 0.29) is 35.6 Å². The van der Waals surface area contributed by atoms with Crippen LogP contribution in [0.5, 0.6) is 0 Å². The number of carbonyl (C=O) groups excluding carboxylic acids is 2. The summed E-state index contributed by atoms with van der Waals surface area (Å²) in [5, 5.41) is 3.21. The number of nitrogens with one attached hydrogen (secondary N) is 3. The number of nitrogens with zero attached hydrogens (tertiary/aromatic N) is 3. The van der Waals surface area contributed by atoms with Crippen molar-refractivity contribution in [3.8, 4) is 0 Å². The molecule has 1 saturated carbocycles. The van der Waals surface area contributed by atoms with Gasteiger partial charge in [0.05, 0.1) is 6.61 Å². The molecule has 1 aromatic carbocycles. The van der Waals surface area contributed by atoms with Gasteiger partial charge in [0.2, 0.25) is 5.91 Å². The van der Waals surface area contributed by atoms with Crippen LogP contribution >= 0.6 is 11.8 Å². The molecule has 1 aliphatic rings. The van der Waals surface area contributed by atoms with Gasteiger partial charge in [0, 0.05) is 29.5 Å². The average molecular weight is 472 g/mol. The quantitative estimate of drug-likeness (QED) is 0.135. The molecule has 33 heavy (non-hydrogen) atoms. The van der Waals surface area contributed by atoms with Gasteiger partial charge in [0.25, 0.3) is 0 Å². The molecule has 1 heterocycles. The predicted octanol–water partition coefficient (Wildman–Crippen LogP) is 3.29.